The van der Waals surface area contributed by atoms with E-state index in [-0.39, 0.29) is 17.3 Å². The van der Waals surface area contributed by atoms with Crippen molar-refractivity contribution in [2.75, 3.05) is 14.2 Å². The van der Waals surface area contributed by atoms with E-state index in [4.69, 9.17) is 10.2 Å². The van der Waals surface area contributed by atoms with Gasteiger partial charge >= 0.3 is 17.9 Å². The summed E-state index contributed by atoms with van der Waals surface area (Å²) in [7, 11) is 2.67. The molecule has 2 N–H and O–H groups in total. The molecule has 7 heteroatoms. The first-order chi connectivity index (χ1) is 11.6. The van der Waals surface area contributed by atoms with E-state index in [0.29, 0.717) is 11.5 Å². The van der Waals surface area contributed by atoms with Gasteiger partial charge in [0.1, 0.15) is 0 Å². The third-order valence-electron chi connectivity index (χ3n) is 3.40. The Kier molecular flexibility index (Phi) is 13.7. The van der Waals surface area contributed by atoms with Crippen LogP contribution in [0.2, 0.25) is 0 Å². The number of rotatable bonds is 5. The number of methoxy groups -OCH3 is 2. The molecule has 1 saturated carbocycles. The Hall–Kier alpha value is -2.57. The lowest BCUT2D eigenvalue weighted by Crippen LogP contribution is -2.16. The maximum Gasteiger partial charge on any atom is 0.370 e. The highest BCUT2D eigenvalue weighted by molar-refractivity contribution is 5.88. The summed E-state index contributed by atoms with van der Waals surface area (Å²) >= 11 is 0. The first kappa shape index (κ1) is 24.7. The molecular formula is C18H28O7. The van der Waals surface area contributed by atoms with Gasteiger partial charge in [-0.15, -0.1) is 0 Å². The predicted molar refractivity (Wildman–Crippen MR) is 94.0 cm³/mol. The topological polar surface area (TPSA) is 110 Å². The molecule has 7 nitrogen and oxygen atoms in total. The Morgan fingerprint density at radius 3 is 1.56 bits per heavy atom. The van der Waals surface area contributed by atoms with E-state index >= 15 is 0 Å². The molecule has 0 aromatic rings. The molecule has 1 rings (SSSR count). The highest BCUT2D eigenvalue weighted by Gasteiger charge is 2.21. The Balaban J connectivity index is 0. The van der Waals surface area contributed by atoms with Crippen molar-refractivity contribution >= 4 is 17.9 Å². The highest BCUT2D eigenvalue weighted by atomic mass is 16.5. The van der Waals surface area contributed by atoms with E-state index in [0.717, 1.165) is 12.8 Å². The van der Waals surface area contributed by atoms with Crippen LogP contribution >= 0.6 is 0 Å². The van der Waals surface area contributed by atoms with E-state index in [1.54, 1.807) is 0 Å². The minimum Gasteiger partial charge on any atom is -0.490 e. The molecule has 25 heavy (non-hydrogen) atoms. The summed E-state index contributed by atoms with van der Waals surface area (Å²) in [5, 5.41) is 15.8. The Labute approximate surface area is 148 Å². The van der Waals surface area contributed by atoms with Crippen molar-refractivity contribution in [3.63, 3.8) is 0 Å². The number of hydrogen-bond donors (Lipinski definition) is 2. The van der Waals surface area contributed by atoms with Crippen molar-refractivity contribution in [1.29, 1.82) is 0 Å². The smallest absolute Gasteiger partial charge is 0.370 e. The first-order valence-corrected chi connectivity index (χ1v) is 7.70. The number of hydrogen-bond acceptors (Lipinski definition) is 5. The number of carboxylic acid groups (broad SMARTS) is 2. The van der Waals surface area contributed by atoms with Gasteiger partial charge in [0, 0.05) is 11.1 Å². The van der Waals surface area contributed by atoms with Crippen LogP contribution < -0.4 is 0 Å². The fraction of sp³-hybridized carbons (Fsp3) is 0.500. The maximum absolute atomic E-state index is 11.1. The molecule has 0 saturated heterocycles. The van der Waals surface area contributed by atoms with Crippen LogP contribution in [0.1, 0.15) is 39.0 Å². The summed E-state index contributed by atoms with van der Waals surface area (Å²) in [5.41, 5.74) is 0.840. The lowest BCUT2D eigenvalue weighted by Gasteiger charge is -2.21. The van der Waals surface area contributed by atoms with E-state index in [1.165, 1.54) is 40.4 Å². The molecular weight excluding hydrogens is 328 g/mol. The van der Waals surface area contributed by atoms with Crippen molar-refractivity contribution < 1.29 is 34.1 Å². The molecule has 0 radical (unpaired) electrons. The third-order valence-corrected chi connectivity index (χ3v) is 3.40. The number of ether oxygens (including phenoxy) is 2. The lowest BCUT2D eigenvalue weighted by molar-refractivity contribution is -0.137. The minimum atomic E-state index is -1.12. The van der Waals surface area contributed by atoms with Gasteiger partial charge in [-0.1, -0.05) is 32.4 Å². The molecule has 0 spiro atoms. The van der Waals surface area contributed by atoms with Crippen molar-refractivity contribution in [3.8, 4) is 0 Å². The van der Waals surface area contributed by atoms with Crippen LogP contribution in [0.5, 0.6) is 0 Å². The molecule has 142 valence electrons. The predicted octanol–water partition coefficient (Wildman–Crippen LogP) is 3.17. The number of esters is 1. The fourth-order valence-corrected chi connectivity index (χ4v) is 1.84. The molecule has 0 aromatic heterocycles. The normalized spacial score (nSPS) is 12.9. The largest absolute Gasteiger partial charge is 0.490 e. The summed E-state index contributed by atoms with van der Waals surface area (Å²) in [6.45, 7) is 11.4. The SMILES string of the molecule is C=C(C(=O)OC)C1CCCCC1.C=C(C)C(=O)O.C=C(OC)C(=O)O. The summed E-state index contributed by atoms with van der Waals surface area (Å²) in [6, 6.07) is 0. The van der Waals surface area contributed by atoms with Crippen molar-refractivity contribution in [3.05, 3.63) is 36.6 Å². The molecule has 0 atom stereocenters. The van der Waals surface area contributed by atoms with Gasteiger partial charge in [-0.25, -0.2) is 14.4 Å². The summed E-state index contributed by atoms with van der Waals surface area (Å²) in [5.74, 6) is -2.15. The Morgan fingerprint density at radius 2 is 1.32 bits per heavy atom. The van der Waals surface area contributed by atoms with Crippen LogP contribution in [0.4, 0.5) is 0 Å². The van der Waals surface area contributed by atoms with Gasteiger partial charge in [-0.2, -0.15) is 0 Å². The number of carbonyl (C=O) groups is 3. The molecule has 0 heterocycles. The Bertz CT molecular complexity index is 488. The monoisotopic (exact) mass is 356 g/mol. The first-order valence-electron chi connectivity index (χ1n) is 7.70. The van der Waals surface area contributed by atoms with Gasteiger partial charge in [0.05, 0.1) is 14.2 Å². The van der Waals surface area contributed by atoms with Gasteiger partial charge in [0.2, 0.25) is 0 Å². The lowest BCUT2D eigenvalue weighted by atomic mass is 9.84. The van der Waals surface area contributed by atoms with Gasteiger partial charge in [0.25, 0.3) is 0 Å². The van der Waals surface area contributed by atoms with Gasteiger partial charge in [0.15, 0.2) is 5.76 Å². The minimum absolute atomic E-state index is 0.176. The second-order valence-corrected chi connectivity index (χ2v) is 5.37. The van der Waals surface area contributed by atoms with Crippen LogP contribution in [0.3, 0.4) is 0 Å². The van der Waals surface area contributed by atoms with Crippen LogP contribution in [-0.2, 0) is 23.9 Å². The number of aliphatic carboxylic acids is 2. The van der Waals surface area contributed by atoms with E-state index in [1.807, 2.05) is 0 Å². The molecule has 0 aromatic carbocycles. The molecule has 0 bridgehead atoms. The molecule has 0 amide bonds. The van der Waals surface area contributed by atoms with E-state index in [9.17, 15) is 14.4 Å². The quantitative estimate of drug-likeness (QED) is 0.442. The number of carbonyl (C=O) groups excluding carboxylic acids is 1. The zero-order valence-electron chi connectivity index (χ0n) is 15.2. The van der Waals surface area contributed by atoms with Gasteiger partial charge in [-0.3, -0.25) is 0 Å². The van der Waals surface area contributed by atoms with Crippen LogP contribution in [-0.4, -0.2) is 42.3 Å². The van der Waals surface area contributed by atoms with Gasteiger partial charge < -0.3 is 19.7 Å². The maximum atomic E-state index is 11.1. The zero-order chi connectivity index (χ0) is 20.0. The third kappa shape index (κ3) is 12.5. The summed E-state index contributed by atoms with van der Waals surface area (Å²) < 4.78 is 8.84. The average Bonchev–Trinajstić information content (AvgIpc) is 2.61. The van der Waals surface area contributed by atoms with E-state index < -0.39 is 11.9 Å². The van der Waals surface area contributed by atoms with Crippen molar-refractivity contribution in [2.45, 2.75) is 39.0 Å². The van der Waals surface area contributed by atoms with Gasteiger partial charge in [-0.05, 0) is 32.3 Å². The zero-order valence-corrected chi connectivity index (χ0v) is 15.2. The average molecular weight is 356 g/mol. The van der Waals surface area contributed by atoms with Crippen LogP contribution in [0.25, 0.3) is 0 Å². The van der Waals surface area contributed by atoms with Crippen LogP contribution in [0.15, 0.2) is 36.6 Å². The Morgan fingerprint density at radius 1 is 0.880 bits per heavy atom. The highest BCUT2D eigenvalue weighted by Crippen LogP contribution is 2.29. The molecule has 1 aliphatic rings. The standard InChI is InChI=1S/C10H16O2.C4H6O3.C4H6O2/c1-8(10(11)12-2)9-6-4-3-5-7-9;1-3(7-2)4(5)6;1-3(2)4(5)6/h9H,1,3-7H2,2H3;1H2,2H3,(H,5,6);1H2,2H3,(H,5,6). The second-order valence-electron chi connectivity index (χ2n) is 5.37. The van der Waals surface area contributed by atoms with Crippen molar-refractivity contribution in [2.24, 2.45) is 5.92 Å². The summed E-state index contributed by atoms with van der Waals surface area (Å²) in [4.78, 5) is 30.4. The molecule has 0 unspecified atom stereocenters. The molecule has 1 aliphatic carbocycles. The fourth-order valence-electron chi connectivity index (χ4n) is 1.84. The van der Waals surface area contributed by atoms with Crippen molar-refractivity contribution in [1.82, 2.24) is 0 Å². The molecule has 1 fully saturated rings. The number of carboxylic acids is 2. The molecule has 0 aliphatic heterocycles. The summed E-state index contributed by atoms with van der Waals surface area (Å²) in [6.07, 6.45) is 5.95. The van der Waals surface area contributed by atoms with E-state index in [2.05, 4.69) is 29.2 Å². The van der Waals surface area contributed by atoms with Crippen LogP contribution in [0, 0.1) is 5.92 Å². The second kappa shape index (κ2) is 13.8.